The van der Waals surface area contributed by atoms with Gasteiger partial charge in [-0.25, -0.2) is 4.98 Å². The predicted molar refractivity (Wildman–Crippen MR) is 110 cm³/mol. The second-order valence-electron chi connectivity index (χ2n) is 9.72. The van der Waals surface area contributed by atoms with Crippen molar-refractivity contribution < 1.29 is 9.21 Å². The molecular weight excluding hydrogens is 352 g/mol. The fourth-order valence-electron chi connectivity index (χ4n) is 3.23. The lowest BCUT2D eigenvalue weighted by molar-refractivity contribution is 0.102. The highest BCUT2D eigenvalue weighted by molar-refractivity contribution is 6.03. The van der Waals surface area contributed by atoms with Gasteiger partial charge in [0.1, 0.15) is 5.52 Å². The number of carbonyl (C=O) groups excluding carboxylic acids is 1. The van der Waals surface area contributed by atoms with Crippen LogP contribution in [0.25, 0.3) is 11.1 Å². The van der Waals surface area contributed by atoms with Crippen LogP contribution in [0.1, 0.15) is 82.4 Å². The zero-order valence-electron chi connectivity index (χ0n) is 17.5. The average molecular weight is 380 g/mol. The third kappa shape index (κ3) is 3.55. The minimum absolute atomic E-state index is 0.153. The Morgan fingerprint density at radius 3 is 2.46 bits per heavy atom. The van der Waals surface area contributed by atoms with Gasteiger partial charge in [-0.1, -0.05) is 20.8 Å². The van der Waals surface area contributed by atoms with Crippen LogP contribution in [0.2, 0.25) is 0 Å². The van der Waals surface area contributed by atoms with Crippen LogP contribution in [0.3, 0.4) is 0 Å². The molecule has 1 aliphatic carbocycles. The first-order valence-corrected chi connectivity index (χ1v) is 9.85. The van der Waals surface area contributed by atoms with Gasteiger partial charge in [0.25, 0.3) is 5.91 Å². The number of benzene rings is 1. The largest absolute Gasteiger partial charge is 0.440 e. The first-order valence-electron chi connectivity index (χ1n) is 9.85. The van der Waals surface area contributed by atoms with Gasteiger partial charge in [0.15, 0.2) is 11.3 Å². The molecule has 28 heavy (non-hydrogen) atoms. The number of aromatic nitrogens is 3. The summed E-state index contributed by atoms with van der Waals surface area (Å²) in [4.78, 5) is 17.4. The fourth-order valence-corrected chi connectivity index (χ4v) is 3.23. The van der Waals surface area contributed by atoms with Crippen molar-refractivity contribution in [3.05, 3.63) is 41.5 Å². The number of carbonyl (C=O) groups is 1. The highest BCUT2D eigenvalue weighted by Crippen LogP contribution is 2.41. The van der Waals surface area contributed by atoms with Crippen molar-refractivity contribution in [2.24, 2.45) is 0 Å². The zero-order chi connectivity index (χ0) is 20.3. The van der Waals surface area contributed by atoms with Gasteiger partial charge in [-0.15, -0.1) is 0 Å². The molecule has 0 unspecified atom stereocenters. The van der Waals surface area contributed by atoms with E-state index in [4.69, 9.17) is 4.42 Å². The lowest BCUT2D eigenvalue weighted by Gasteiger charge is -2.22. The van der Waals surface area contributed by atoms with E-state index in [1.54, 1.807) is 0 Å². The number of amides is 1. The van der Waals surface area contributed by atoms with Crippen LogP contribution >= 0.6 is 0 Å². The molecule has 1 fully saturated rings. The summed E-state index contributed by atoms with van der Waals surface area (Å²) < 4.78 is 7.82. The van der Waals surface area contributed by atoms with E-state index in [1.165, 1.54) is 12.8 Å². The summed E-state index contributed by atoms with van der Waals surface area (Å²) in [6, 6.07) is 7.45. The van der Waals surface area contributed by atoms with E-state index in [-0.39, 0.29) is 16.9 Å². The van der Waals surface area contributed by atoms with Crippen molar-refractivity contribution in [3.63, 3.8) is 0 Å². The number of anilines is 1. The summed E-state index contributed by atoms with van der Waals surface area (Å²) >= 11 is 0. The van der Waals surface area contributed by atoms with Crippen LogP contribution in [-0.4, -0.2) is 20.7 Å². The third-order valence-corrected chi connectivity index (χ3v) is 4.89. The van der Waals surface area contributed by atoms with E-state index in [2.05, 4.69) is 56.9 Å². The van der Waals surface area contributed by atoms with Crippen LogP contribution in [0, 0.1) is 0 Å². The molecule has 0 aliphatic heterocycles. The maximum absolute atomic E-state index is 12.8. The van der Waals surface area contributed by atoms with Crippen molar-refractivity contribution in [3.8, 4) is 0 Å². The highest BCUT2D eigenvalue weighted by Gasteiger charge is 2.32. The normalized spacial score (nSPS) is 15.2. The van der Waals surface area contributed by atoms with Crippen LogP contribution in [0.4, 0.5) is 5.69 Å². The monoisotopic (exact) mass is 380 g/mol. The second-order valence-corrected chi connectivity index (χ2v) is 9.72. The van der Waals surface area contributed by atoms with E-state index >= 15 is 0 Å². The Balaban J connectivity index is 1.60. The molecule has 6 heteroatoms. The molecule has 1 N–H and O–H groups in total. The van der Waals surface area contributed by atoms with Gasteiger partial charge in [-0.3, -0.25) is 9.48 Å². The number of hydrogen-bond donors (Lipinski definition) is 1. The third-order valence-electron chi connectivity index (χ3n) is 4.89. The van der Waals surface area contributed by atoms with Crippen molar-refractivity contribution in [2.45, 2.75) is 71.3 Å². The summed E-state index contributed by atoms with van der Waals surface area (Å²) in [6.07, 6.45) is 2.34. The van der Waals surface area contributed by atoms with E-state index < -0.39 is 0 Å². The number of nitrogens with zero attached hydrogens (tertiary/aromatic N) is 3. The van der Waals surface area contributed by atoms with Crippen molar-refractivity contribution in [1.29, 1.82) is 0 Å². The molecule has 3 aromatic rings. The molecule has 4 rings (SSSR count). The van der Waals surface area contributed by atoms with E-state index in [0.717, 1.165) is 16.8 Å². The minimum Gasteiger partial charge on any atom is -0.440 e. The van der Waals surface area contributed by atoms with Crippen LogP contribution in [0.5, 0.6) is 0 Å². The van der Waals surface area contributed by atoms with Gasteiger partial charge in [0.05, 0.1) is 5.54 Å². The Morgan fingerprint density at radius 2 is 1.86 bits per heavy atom. The van der Waals surface area contributed by atoms with Gasteiger partial charge in [-0.2, -0.15) is 5.10 Å². The summed E-state index contributed by atoms with van der Waals surface area (Å²) in [7, 11) is 0. The zero-order valence-corrected chi connectivity index (χ0v) is 17.5. The summed E-state index contributed by atoms with van der Waals surface area (Å²) in [5, 5.41) is 7.56. The molecule has 0 radical (unpaired) electrons. The highest BCUT2D eigenvalue weighted by atomic mass is 16.3. The van der Waals surface area contributed by atoms with Crippen LogP contribution in [-0.2, 0) is 11.0 Å². The number of oxazole rings is 1. The summed E-state index contributed by atoms with van der Waals surface area (Å²) in [5.74, 6) is 1.00. The first kappa shape index (κ1) is 18.7. The topological polar surface area (TPSA) is 73.0 Å². The standard InChI is InChI=1S/C22H28N4O2/c1-21(2,3)20-24-15-11-14(9-10-18(15)28-20)23-19(27)16-12-17(13-7-8-13)26(25-16)22(4,5)6/h9-13H,7-8H2,1-6H3,(H,23,27). The average Bonchev–Trinajstić information content (AvgIpc) is 3.16. The van der Waals surface area contributed by atoms with E-state index in [9.17, 15) is 4.79 Å². The summed E-state index contributed by atoms with van der Waals surface area (Å²) in [5.41, 5.74) is 3.43. The minimum atomic E-state index is -0.205. The Hall–Kier alpha value is -2.63. The number of rotatable bonds is 3. The van der Waals surface area contributed by atoms with Gasteiger partial charge >= 0.3 is 0 Å². The molecular formula is C22H28N4O2. The molecule has 148 valence electrons. The smallest absolute Gasteiger partial charge is 0.276 e. The van der Waals surface area contributed by atoms with Gasteiger partial charge < -0.3 is 9.73 Å². The maximum atomic E-state index is 12.8. The molecule has 1 aliphatic rings. The Bertz CT molecular complexity index is 1040. The van der Waals surface area contributed by atoms with E-state index in [0.29, 0.717) is 23.2 Å². The van der Waals surface area contributed by atoms with Gasteiger partial charge in [-0.05, 0) is 57.9 Å². The van der Waals surface area contributed by atoms with Crippen molar-refractivity contribution in [1.82, 2.24) is 14.8 Å². The predicted octanol–water partition coefficient (Wildman–Crippen LogP) is 5.21. The molecule has 2 aromatic heterocycles. The number of nitrogens with one attached hydrogen (secondary N) is 1. The van der Waals surface area contributed by atoms with Crippen LogP contribution in [0.15, 0.2) is 28.7 Å². The molecule has 6 nitrogen and oxygen atoms in total. The quantitative estimate of drug-likeness (QED) is 0.677. The molecule has 1 amide bonds. The number of hydrogen-bond acceptors (Lipinski definition) is 4. The lowest BCUT2D eigenvalue weighted by atomic mass is 9.97. The molecule has 0 spiro atoms. The molecule has 1 aromatic carbocycles. The Kier molecular flexibility index (Phi) is 4.14. The summed E-state index contributed by atoms with van der Waals surface area (Å²) in [6.45, 7) is 12.5. The first-order chi connectivity index (χ1) is 13.0. The maximum Gasteiger partial charge on any atom is 0.276 e. The molecule has 0 saturated heterocycles. The van der Waals surface area contributed by atoms with E-state index in [1.807, 2.05) is 28.9 Å². The van der Waals surface area contributed by atoms with Gasteiger partial charge in [0.2, 0.25) is 5.89 Å². The fraction of sp³-hybridized carbons (Fsp3) is 0.500. The van der Waals surface area contributed by atoms with Crippen molar-refractivity contribution in [2.75, 3.05) is 5.32 Å². The molecule has 2 heterocycles. The molecule has 0 atom stereocenters. The van der Waals surface area contributed by atoms with Gasteiger partial charge in [0, 0.05) is 22.7 Å². The lowest BCUT2D eigenvalue weighted by Crippen LogP contribution is -2.25. The van der Waals surface area contributed by atoms with Crippen LogP contribution < -0.4 is 5.32 Å². The second kappa shape index (κ2) is 6.19. The molecule has 0 bridgehead atoms. The Labute approximate surface area is 165 Å². The molecule has 1 saturated carbocycles. The Morgan fingerprint density at radius 1 is 1.14 bits per heavy atom. The number of fused-ring (bicyclic) bond motifs is 1. The van der Waals surface area contributed by atoms with Crippen molar-refractivity contribution >= 4 is 22.7 Å². The SMILES string of the molecule is CC(C)(C)c1nc2cc(NC(=O)c3cc(C4CC4)n(C(C)(C)C)n3)ccc2o1.